The van der Waals surface area contributed by atoms with Crippen molar-refractivity contribution < 1.29 is 9.53 Å². The van der Waals surface area contributed by atoms with Gasteiger partial charge < -0.3 is 10.1 Å². The number of hydrogen-bond donors (Lipinski definition) is 1. The molecule has 0 aromatic carbocycles. The number of ether oxygens (including phenoxy) is 1. The zero-order valence-electron chi connectivity index (χ0n) is 7.38. The fraction of sp³-hybridized carbons (Fsp3) is 0.889. The molecule has 1 aliphatic heterocycles. The minimum Gasteiger partial charge on any atom is -0.466 e. The Morgan fingerprint density at radius 2 is 2.17 bits per heavy atom. The number of hydrogen-bond acceptors (Lipinski definition) is 3. The zero-order chi connectivity index (χ0) is 8.55. The first-order valence-corrected chi connectivity index (χ1v) is 4.69. The molecule has 68 valence electrons. The van der Waals surface area contributed by atoms with E-state index in [9.17, 15) is 4.79 Å². The maximum atomic E-state index is 11.1. The molecule has 0 bridgehead atoms. The van der Waals surface area contributed by atoms with Gasteiger partial charge in [-0.3, -0.25) is 4.79 Å². The molecule has 12 heavy (non-hydrogen) atoms. The predicted octanol–water partition coefficient (Wildman–Crippen LogP) is 0.405. The van der Waals surface area contributed by atoms with Crippen LogP contribution >= 0.6 is 0 Å². The van der Waals surface area contributed by atoms with Gasteiger partial charge in [0.05, 0.1) is 6.61 Å². The summed E-state index contributed by atoms with van der Waals surface area (Å²) in [5.41, 5.74) is 0. The van der Waals surface area contributed by atoms with Crippen molar-refractivity contribution in [3.63, 3.8) is 0 Å². The molecule has 2 fully saturated rings. The fourth-order valence-corrected chi connectivity index (χ4v) is 2.26. The average molecular weight is 169 g/mol. The third kappa shape index (κ3) is 1.33. The number of rotatable bonds is 3. The van der Waals surface area contributed by atoms with Crippen LogP contribution in [-0.2, 0) is 9.53 Å². The third-order valence-corrected chi connectivity index (χ3v) is 2.98. The first kappa shape index (κ1) is 8.05. The van der Waals surface area contributed by atoms with Gasteiger partial charge in [-0.2, -0.15) is 0 Å². The second-order valence-corrected chi connectivity index (χ2v) is 3.66. The molecule has 1 heterocycles. The van der Waals surface area contributed by atoms with Gasteiger partial charge in [-0.15, -0.1) is 0 Å². The van der Waals surface area contributed by atoms with Gasteiger partial charge in [-0.25, -0.2) is 0 Å². The highest BCUT2D eigenvalue weighted by molar-refractivity contribution is 5.70. The summed E-state index contributed by atoms with van der Waals surface area (Å²) in [5.74, 6) is 2.16. The first-order valence-electron chi connectivity index (χ1n) is 4.69. The van der Waals surface area contributed by atoms with E-state index in [1.54, 1.807) is 0 Å². The van der Waals surface area contributed by atoms with Gasteiger partial charge in [0.15, 0.2) is 0 Å². The summed E-state index contributed by atoms with van der Waals surface area (Å²) in [6.45, 7) is 4.58. The second-order valence-electron chi connectivity index (χ2n) is 3.66. The Balaban J connectivity index is 1.72. The topological polar surface area (TPSA) is 38.3 Å². The molecule has 2 aliphatic rings. The molecule has 0 aromatic rings. The molecule has 0 unspecified atom stereocenters. The van der Waals surface area contributed by atoms with Gasteiger partial charge in [-0.05, 0) is 37.8 Å². The Kier molecular flexibility index (Phi) is 2.05. The Morgan fingerprint density at radius 1 is 1.50 bits per heavy atom. The number of nitrogens with one attached hydrogen (secondary N) is 1. The third-order valence-electron chi connectivity index (χ3n) is 2.98. The lowest BCUT2D eigenvalue weighted by Gasteiger charge is -2.03. The van der Waals surface area contributed by atoms with E-state index in [4.69, 9.17) is 4.74 Å². The van der Waals surface area contributed by atoms with Crippen LogP contribution in [0.5, 0.6) is 0 Å². The van der Waals surface area contributed by atoms with Crippen molar-refractivity contribution in [1.82, 2.24) is 5.32 Å². The fourth-order valence-electron chi connectivity index (χ4n) is 2.26. The molecule has 0 spiro atoms. The van der Waals surface area contributed by atoms with Crippen molar-refractivity contribution in [2.24, 2.45) is 17.8 Å². The molecule has 0 aromatic heterocycles. The number of esters is 1. The summed E-state index contributed by atoms with van der Waals surface area (Å²) in [6.07, 6.45) is 0.644. The lowest BCUT2D eigenvalue weighted by atomic mass is 10.2. The van der Waals surface area contributed by atoms with Crippen molar-refractivity contribution in [3.8, 4) is 0 Å². The number of carbonyl (C=O) groups excluding carboxylic acids is 1. The van der Waals surface area contributed by atoms with Crippen LogP contribution in [0.25, 0.3) is 0 Å². The van der Waals surface area contributed by atoms with Gasteiger partial charge in [-0.1, -0.05) is 0 Å². The summed E-state index contributed by atoms with van der Waals surface area (Å²) in [5, 5.41) is 3.30. The molecule has 1 aliphatic carbocycles. The van der Waals surface area contributed by atoms with E-state index in [2.05, 4.69) is 5.32 Å². The molecular formula is C9H15NO2. The number of carbonyl (C=O) groups is 1. The lowest BCUT2D eigenvalue weighted by molar-refractivity contribution is -0.143. The quantitative estimate of drug-likeness (QED) is 0.622. The number of fused-ring (bicyclic) bond motifs is 1. The highest BCUT2D eigenvalue weighted by Crippen LogP contribution is 2.50. The van der Waals surface area contributed by atoms with Gasteiger partial charge in [0.1, 0.15) is 0 Å². The minimum absolute atomic E-state index is 0.0168. The van der Waals surface area contributed by atoms with E-state index in [1.807, 2.05) is 6.92 Å². The molecule has 1 N–H and O–H groups in total. The molecule has 1 saturated heterocycles. The minimum atomic E-state index is -0.0168. The van der Waals surface area contributed by atoms with E-state index in [1.165, 1.54) is 0 Å². The van der Waals surface area contributed by atoms with Crippen LogP contribution in [-0.4, -0.2) is 25.7 Å². The molecule has 3 heteroatoms. The second kappa shape index (κ2) is 3.05. The normalized spacial score (nSPS) is 37.6. The number of piperidine rings is 1. The predicted molar refractivity (Wildman–Crippen MR) is 44.6 cm³/mol. The highest BCUT2D eigenvalue weighted by atomic mass is 16.5. The van der Waals surface area contributed by atoms with E-state index in [-0.39, 0.29) is 5.97 Å². The summed E-state index contributed by atoms with van der Waals surface area (Å²) >= 11 is 0. The standard InChI is InChI=1S/C9H15NO2/c1-2-12-9(11)3-6-7-4-10-5-8(6)7/h6-8,10H,2-5H2,1H3/t6-,7+,8-. The van der Waals surface area contributed by atoms with E-state index >= 15 is 0 Å². The molecule has 3 nitrogen and oxygen atoms in total. The monoisotopic (exact) mass is 169 g/mol. The smallest absolute Gasteiger partial charge is 0.306 e. The molecular weight excluding hydrogens is 154 g/mol. The SMILES string of the molecule is CCOC(=O)C[C@@H]1[C@@H]2CNC[C@@H]21. The van der Waals surface area contributed by atoms with Crippen LogP contribution in [0.15, 0.2) is 0 Å². The van der Waals surface area contributed by atoms with E-state index in [0.29, 0.717) is 18.9 Å². The van der Waals surface area contributed by atoms with Crippen LogP contribution < -0.4 is 5.32 Å². The van der Waals surface area contributed by atoms with Crippen molar-refractivity contribution >= 4 is 5.97 Å². The molecule has 0 radical (unpaired) electrons. The Morgan fingerprint density at radius 3 is 2.75 bits per heavy atom. The summed E-state index contributed by atoms with van der Waals surface area (Å²) in [4.78, 5) is 11.1. The van der Waals surface area contributed by atoms with Gasteiger partial charge in [0.25, 0.3) is 0 Å². The van der Waals surface area contributed by atoms with Gasteiger partial charge in [0.2, 0.25) is 0 Å². The van der Waals surface area contributed by atoms with Crippen LogP contribution in [0, 0.1) is 17.8 Å². The average Bonchev–Trinajstić information content (AvgIpc) is 2.51. The largest absolute Gasteiger partial charge is 0.466 e. The maximum Gasteiger partial charge on any atom is 0.306 e. The van der Waals surface area contributed by atoms with Crippen LogP contribution in [0.3, 0.4) is 0 Å². The molecule has 0 amide bonds. The zero-order valence-corrected chi connectivity index (χ0v) is 7.38. The molecule has 2 rings (SSSR count). The lowest BCUT2D eigenvalue weighted by Crippen LogP contribution is -2.16. The van der Waals surface area contributed by atoms with Crippen molar-refractivity contribution in [1.29, 1.82) is 0 Å². The maximum absolute atomic E-state index is 11.1. The van der Waals surface area contributed by atoms with Crippen molar-refractivity contribution in [2.45, 2.75) is 13.3 Å². The van der Waals surface area contributed by atoms with Gasteiger partial charge >= 0.3 is 5.97 Å². The van der Waals surface area contributed by atoms with Crippen LogP contribution in [0.2, 0.25) is 0 Å². The molecule has 1 saturated carbocycles. The highest BCUT2D eigenvalue weighted by Gasteiger charge is 2.53. The first-order chi connectivity index (χ1) is 5.83. The van der Waals surface area contributed by atoms with E-state index in [0.717, 1.165) is 24.9 Å². The Bertz CT molecular complexity index is 183. The Labute approximate surface area is 72.5 Å². The van der Waals surface area contributed by atoms with Crippen molar-refractivity contribution in [3.05, 3.63) is 0 Å². The van der Waals surface area contributed by atoms with Crippen LogP contribution in [0.4, 0.5) is 0 Å². The van der Waals surface area contributed by atoms with E-state index < -0.39 is 0 Å². The Hall–Kier alpha value is -0.570. The van der Waals surface area contributed by atoms with Gasteiger partial charge in [0, 0.05) is 6.42 Å². The van der Waals surface area contributed by atoms with Crippen molar-refractivity contribution in [2.75, 3.05) is 19.7 Å². The van der Waals surface area contributed by atoms with Crippen LogP contribution in [0.1, 0.15) is 13.3 Å². The summed E-state index contributed by atoms with van der Waals surface area (Å²) in [6, 6.07) is 0. The molecule has 3 atom stereocenters. The summed E-state index contributed by atoms with van der Waals surface area (Å²) in [7, 11) is 0. The summed E-state index contributed by atoms with van der Waals surface area (Å²) < 4.78 is 4.90.